The minimum absolute atomic E-state index is 0.0211. The Labute approximate surface area is 141 Å². The third-order valence-electron chi connectivity index (χ3n) is 2.87. The number of fused-ring (bicyclic) bond motifs is 1. The van der Waals surface area contributed by atoms with E-state index in [1.165, 1.54) is 32.0 Å². The van der Waals surface area contributed by atoms with E-state index in [1.54, 1.807) is 18.5 Å². The molecule has 120 valence electrons. The van der Waals surface area contributed by atoms with Gasteiger partial charge in [-0.25, -0.2) is 9.79 Å². The number of furan rings is 1. The summed E-state index contributed by atoms with van der Waals surface area (Å²) in [6.45, 7) is 0. The second-order valence-electron chi connectivity index (χ2n) is 4.11. The summed E-state index contributed by atoms with van der Waals surface area (Å²) in [5.41, 5.74) is 0.718. The van der Waals surface area contributed by atoms with Gasteiger partial charge in [-0.15, -0.1) is 0 Å². The smallest absolute Gasteiger partial charge is 0.373 e. The Morgan fingerprint density at radius 1 is 1.48 bits per heavy atom. The number of methoxy groups -OCH3 is 2. The Morgan fingerprint density at radius 2 is 2.22 bits per heavy atom. The second kappa shape index (κ2) is 7.26. The van der Waals surface area contributed by atoms with E-state index < -0.39 is 5.97 Å². The first kappa shape index (κ1) is 17.0. The van der Waals surface area contributed by atoms with Crippen LogP contribution in [0.3, 0.4) is 0 Å². The van der Waals surface area contributed by atoms with Gasteiger partial charge in [0.1, 0.15) is 11.3 Å². The number of halogens is 1. The quantitative estimate of drug-likeness (QED) is 0.297. The number of carbonyl (C=O) groups is 1. The van der Waals surface area contributed by atoms with Gasteiger partial charge in [-0.1, -0.05) is 23.4 Å². The number of amidine groups is 1. The lowest BCUT2D eigenvalue weighted by atomic mass is 10.2. The lowest BCUT2D eigenvalue weighted by Gasteiger charge is -2.08. The Kier molecular flexibility index (Phi) is 5.36. The van der Waals surface area contributed by atoms with Crippen LogP contribution in [-0.2, 0) is 4.74 Å². The zero-order chi connectivity index (χ0) is 17.0. The molecule has 0 aliphatic carbocycles. The molecule has 1 aromatic heterocycles. The molecule has 1 aromatic carbocycles. The number of hydrogen-bond acceptors (Lipinski definition) is 7. The van der Waals surface area contributed by atoms with Gasteiger partial charge >= 0.3 is 5.97 Å². The fourth-order valence-corrected chi connectivity index (χ4v) is 2.53. The molecule has 0 amide bonds. The van der Waals surface area contributed by atoms with E-state index in [1.807, 2.05) is 0 Å². The van der Waals surface area contributed by atoms with E-state index in [0.29, 0.717) is 27.6 Å². The first-order valence-electron chi connectivity index (χ1n) is 6.21. The third kappa shape index (κ3) is 3.36. The summed E-state index contributed by atoms with van der Waals surface area (Å²) in [7, 11) is 2.70. The van der Waals surface area contributed by atoms with Gasteiger partial charge in [0.25, 0.3) is 0 Å². The van der Waals surface area contributed by atoms with E-state index in [0.717, 1.165) is 0 Å². The molecule has 0 bridgehead atoms. The van der Waals surface area contributed by atoms with Crippen molar-refractivity contribution >= 4 is 51.2 Å². The van der Waals surface area contributed by atoms with Gasteiger partial charge in [-0.05, 0) is 6.26 Å². The van der Waals surface area contributed by atoms with Crippen molar-refractivity contribution in [1.82, 2.24) is 5.32 Å². The molecule has 0 aliphatic heterocycles. The van der Waals surface area contributed by atoms with Crippen LogP contribution >= 0.6 is 23.4 Å². The summed E-state index contributed by atoms with van der Waals surface area (Å²) in [4.78, 5) is 15.9. The average Bonchev–Trinajstić information content (AvgIpc) is 2.98. The molecule has 0 saturated heterocycles. The largest absolute Gasteiger partial charge is 0.493 e. The van der Waals surface area contributed by atoms with Crippen LogP contribution in [0.25, 0.3) is 11.0 Å². The molecule has 0 aliphatic rings. The van der Waals surface area contributed by atoms with Crippen molar-refractivity contribution in [3.8, 4) is 11.9 Å². The van der Waals surface area contributed by atoms with Gasteiger partial charge in [0.2, 0.25) is 5.76 Å². The fourth-order valence-electron chi connectivity index (χ4n) is 1.87. The topological polar surface area (TPSA) is 96.9 Å². The van der Waals surface area contributed by atoms with Gasteiger partial charge in [0.15, 0.2) is 17.1 Å². The highest BCUT2D eigenvalue weighted by molar-refractivity contribution is 8.13. The van der Waals surface area contributed by atoms with Crippen LogP contribution in [0.4, 0.5) is 5.69 Å². The summed E-state index contributed by atoms with van der Waals surface area (Å²) >= 11 is 7.56. The molecule has 2 aromatic rings. The average molecular weight is 354 g/mol. The van der Waals surface area contributed by atoms with Crippen molar-refractivity contribution in [1.29, 1.82) is 5.26 Å². The number of carbonyl (C=O) groups excluding carboxylic acids is 1. The Morgan fingerprint density at radius 3 is 2.78 bits per heavy atom. The number of nitriles is 1. The lowest BCUT2D eigenvalue weighted by molar-refractivity contribution is 0.0567. The molecular formula is C14H12ClN3O4S. The molecule has 0 unspecified atom stereocenters. The predicted octanol–water partition coefficient (Wildman–Crippen LogP) is 3.30. The van der Waals surface area contributed by atoms with Crippen molar-refractivity contribution < 1.29 is 18.7 Å². The van der Waals surface area contributed by atoms with Gasteiger partial charge in [-0.3, -0.25) is 5.32 Å². The highest BCUT2D eigenvalue weighted by Gasteiger charge is 2.20. The molecule has 0 spiro atoms. The maximum atomic E-state index is 11.6. The Bertz CT molecular complexity index is 826. The number of rotatable bonds is 3. The van der Waals surface area contributed by atoms with E-state index >= 15 is 0 Å². The number of aliphatic imine (C=N–C) groups is 1. The number of nitrogens with zero attached hydrogens (tertiary/aromatic N) is 2. The molecule has 2 rings (SSSR count). The minimum atomic E-state index is -0.614. The van der Waals surface area contributed by atoms with Crippen LogP contribution in [-0.4, -0.2) is 31.6 Å². The number of hydrogen-bond donors (Lipinski definition) is 1. The number of ether oxygens (including phenoxy) is 2. The molecule has 0 saturated carbocycles. The predicted molar refractivity (Wildman–Crippen MR) is 88.5 cm³/mol. The van der Waals surface area contributed by atoms with Crippen molar-refractivity contribution in [2.24, 2.45) is 4.99 Å². The molecule has 9 heteroatoms. The Hall–Kier alpha value is -2.37. The zero-order valence-corrected chi connectivity index (χ0v) is 14.0. The highest BCUT2D eigenvalue weighted by Crippen LogP contribution is 2.42. The van der Waals surface area contributed by atoms with Crippen molar-refractivity contribution in [2.75, 3.05) is 20.5 Å². The number of benzene rings is 1. The van der Waals surface area contributed by atoms with Crippen molar-refractivity contribution in [3.63, 3.8) is 0 Å². The van der Waals surface area contributed by atoms with E-state index in [9.17, 15) is 4.79 Å². The van der Waals surface area contributed by atoms with Crippen LogP contribution in [0.1, 0.15) is 10.6 Å². The summed E-state index contributed by atoms with van der Waals surface area (Å²) < 4.78 is 15.4. The summed E-state index contributed by atoms with van der Waals surface area (Å²) in [6, 6.07) is 3.05. The first-order valence-corrected chi connectivity index (χ1v) is 7.82. The normalized spacial score (nSPS) is 11.2. The highest BCUT2D eigenvalue weighted by atomic mass is 35.5. The number of thioether (sulfide) groups is 1. The molecule has 23 heavy (non-hydrogen) atoms. The van der Waals surface area contributed by atoms with Crippen LogP contribution in [0.5, 0.6) is 5.75 Å². The van der Waals surface area contributed by atoms with Crippen molar-refractivity contribution in [2.45, 2.75) is 0 Å². The lowest BCUT2D eigenvalue weighted by Crippen LogP contribution is -2.12. The van der Waals surface area contributed by atoms with E-state index in [-0.39, 0.29) is 10.8 Å². The maximum Gasteiger partial charge on any atom is 0.373 e. The number of nitrogens with one attached hydrogen (secondary N) is 1. The summed E-state index contributed by atoms with van der Waals surface area (Å²) in [6.07, 6.45) is 3.56. The van der Waals surface area contributed by atoms with Gasteiger partial charge < -0.3 is 13.9 Å². The van der Waals surface area contributed by atoms with Crippen LogP contribution in [0.15, 0.2) is 21.5 Å². The Balaban J connectivity index is 2.66. The SMILES string of the molecule is COC(=O)c1cc2c(Cl)c(OC)c(N=C(NC#N)SC)cc2o1. The van der Waals surface area contributed by atoms with Crippen LogP contribution in [0.2, 0.25) is 5.02 Å². The van der Waals surface area contributed by atoms with Crippen molar-refractivity contribution in [3.05, 3.63) is 22.9 Å². The molecule has 7 nitrogen and oxygen atoms in total. The first-order chi connectivity index (χ1) is 11.0. The van der Waals surface area contributed by atoms with Gasteiger partial charge in [0.05, 0.1) is 19.2 Å². The van der Waals surface area contributed by atoms with Gasteiger partial charge in [-0.2, -0.15) is 5.26 Å². The minimum Gasteiger partial charge on any atom is -0.493 e. The second-order valence-corrected chi connectivity index (χ2v) is 5.29. The molecule has 0 radical (unpaired) electrons. The molecule has 1 N–H and O–H groups in total. The fraction of sp³-hybridized carbons (Fsp3) is 0.214. The zero-order valence-electron chi connectivity index (χ0n) is 12.5. The van der Waals surface area contributed by atoms with Crippen LogP contribution < -0.4 is 10.1 Å². The number of esters is 1. The molecule has 0 fully saturated rings. The van der Waals surface area contributed by atoms with Crippen LogP contribution in [0, 0.1) is 11.5 Å². The van der Waals surface area contributed by atoms with E-state index in [4.69, 9.17) is 26.0 Å². The monoisotopic (exact) mass is 353 g/mol. The molecule has 0 atom stereocenters. The summed E-state index contributed by atoms with van der Waals surface area (Å²) in [5, 5.41) is 12.3. The molecule has 1 heterocycles. The third-order valence-corrected chi connectivity index (χ3v) is 3.82. The maximum absolute atomic E-state index is 11.6. The molecular weight excluding hydrogens is 342 g/mol. The van der Waals surface area contributed by atoms with E-state index in [2.05, 4.69) is 15.0 Å². The summed E-state index contributed by atoms with van der Waals surface area (Å²) in [5.74, 6) is -0.285. The standard InChI is InChI=1S/C14H12ClN3O4S/c1-20-12-8(18-14(23-3)17-6-16)5-9-7(11(12)15)4-10(22-9)13(19)21-2/h4-5H,1-3H3,(H,17,18). The van der Waals surface area contributed by atoms with Gasteiger partial charge in [0, 0.05) is 17.5 Å².